The molecule has 5 nitrogen and oxygen atoms in total. The summed E-state index contributed by atoms with van der Waals surface area (Å²) < 4.78 is 37.6. The molecule has 0 saturated carbocycles. The molecule has 0 rings (SSSR count). The van der Waals surface area contributed by atoms with E-state index in [9.17, 15) is 22.8 Å². The lowest BCUT2D eigenvalue weighted by molar-refractivity contribution is -0.203. The van der Waals surface area contributed by atoms with E-state index in [0.717, 1.165) is 4.90 Å². The summed E-state index contributed by atoms with van der Waals surface area (Å²) in [5, 5.41) is 9.99. The summed E-state index contributed by atoms with van der Waals surface area (Å²) in [6.07, 6.45) is -3.80. The van der Waals surface area contributed by atoms with Crippen molar-refractivity contribution in [3.05, 3.63) is 12.7 Å². The van der Waals surface area contributed by atoms with E-state index in [0.29, 0.717) is 6.92 Å². The lowest BCUT2D eigenvalue weighted by atomic mass is 10.0. The summed E-state index contributed by atoms with van der Waals surface area (Å²) in [7, 11) is 1.22. The zero-order chi connectivity index (χ0) is 13.9. The van der Waals surface area contributed by atoms with Gasteiger partial charge in [-0.1, -0.05) is 6.08 Å². The van der Waals surface area contributed by atoms with Gasteiger partial charge in [0.25, 0.3) is 0 Å². The van der Waals surface area contributed by atoms with Crippen molar-refractivity contribution >= 4 is 12.0 Å². The topological polar surface area (TPSA) is 69.6 Å². The Morgan fingerprint density at radius 2 is 1.94 bits per heavy atom. The van der Waals surface area contributed by atoms with Gasteiger partial charge in [-0.25, -0.2) is 9.59 Å². The van der Waals surface area contributed by atoms with Crippen LogP contribution in [0.5, 0.6) is 0 Å². The summed E-state index contributed by atoms with van der Waals surface area (Å²) in [5.41, 5.74) is -3.32. The lowest BCUT2D eigenvalue weighted by Gasteiger charge is -2.30. The van der Waals surface area contributed by atoms with Crippen molar-refractivity contribution in [3.8, 4) is 0 Å². The van der Waals surface area contributed by atoms with E-state index >= 15 is 0 Å². The number of nitrogens with one attached hydrogen (secondary N) is 1. The smallest absolute Gasteiger partial charge is 0.422 e. The molecule has 1 unspecified atom stereocenters. The van der Waals surface area contributed by atoms with Crippen LogP contribution in [-0.4, -0.2) is 47.3 Å². The second-order valence-electron chi connectivity index (χ2n) is 3.53. The number of halogens is 3. The highest BCUT2D eigenvalue weighted by Gasteiger charge is 2.58. The van der Waals surface area contributed by atoms with Crippen molar-refractivity contribution in [2.45, 2.75) is 18.6 Å². The van der Waals surface area contributed by atoms with Crippen molar-refractivity contribution in [2.75, 3.05) is 13.6 Å². The zero-order valence-electron chi connectivity index (χ0n) is 9.34. The van der Waals surface area contributed by atoms with Gasteiger partial charge < -0.3 is 15.3 Å². The van der Waals surface area contributed by atoms with E-state index in [1.54, 1.807) is 0 Å². The third kappa shape index (κ3) is 3.36. The number of amides is 2. The number of likely N-dealkylation sites (N-methyl/N-ethyl adjacent to an activating group) is 1. The van der Waals surface area contributed by atoms with Crippen LogP contribution >= 0.6 is 0 Å². The maximum absolute atomic E-state index is 12.5. The van der Waals surface area contributed by atoms with E-state index in [1.807, 2.05) is 0 Å². The average molecular weight is 254 g/mol. The molecule has 1 atom stereocenters. The molecule has 0 fully saturated rings. The molecule has 98 valence electrons. The van der Waals surface area contributed by atoms with E-state index in [1.165, 1.54) is 18.4 Å². The third-order valence-electron chi connectivity index (χ3n) is 2.10. The first kappa shape index (κ1) is 15.3. The highest BCUT2D eigenvalue weighted by Crippen LogP contribution is 2.30. The lowest BCUT2D eigenvalue weighted by Crippen LogP contribution is -2.63. The van der Waals surface area contributed by atoms with Crippen LogP contribution in [0.2, 0.25) is 0 Å². The number of carbonyl (C=O) groups excluding carboxylic acids is 1. The number of alkyl halides is 3. The Hall–Kier alpha value is -1.73. The Morgan fingerprint density at radius 3 is 2.24 bits per heavy atom. The molecule has 0 radical (unpaired) electrons. The molecule has 0 aliphatic carbocycles. The van der Waals surface area contributed by atoms with Crippen LogP contribution in [0, 0.1) is 0 Å². The minimum Gasteiger partial charge on any atom is -0.479 e. The number of hydrogen-bond donors (Lipinski definition) is 2. The Bertz CT molecular complexity index is 330. The number of hydrogen-bond acceptors (Lipinski definition) is 2. The molecule has 2 amide bonds. The Kier molecular flexibility index (Phi) is 4.55. The van der Waals surface area contributed by atoms with Crippen LogP contribution in [0.3, 0.4) is 0 Å². The van der Waals surface area contributed by atoms with Crippen molar-refractivity contribution < 1.29 is 27.9 Å². The van der Waals surface area contributed by atoms with Crippen LogP contribution in [0.1, 0.15) is 6.92 Å². The SMILES string of the molecule is C=CCN(C)C(=O)NC(C)(C(=O)O)C(F)(F)F. The first-order chi connectivity index (χ1) is 7.56. The van der Waals surface area contributed by atoms with Crippen molar-refractivity contribution in [3.63, 3.8) is 0 Å². The molecule has 0 aliphatic rings. The van der Waals surface area contributed by atoms with E-state index in [-0.39, 0.29) is 6.54 Å². The molecule has 8 heteroatoms. The molecule has 0 spiro atoms. The molecular weight excluding hydrogens is 241 g/mol. The van der Waals surface area contributed by atoms with Crippen molar-refractivity contribution in [1.29, 1.82) is 0 Å². The van der Waals surface area contributed by atoms with Crippen LogP contribution in [0.25, 0.3) is 0 Å². The number of urea groups is 1. The summed E-state index contributed by atoms with van der Waals surface area (Å²) >= 11 is 0. The Balaban J connectivity index is 4.98. The second-order valence-corrected chi connectivity index (χ2v) is 3.53. The number of nitrogens with zero attached hydrogens (tertiary/aromatic N) is 1. The Labute approximate surface area is 95.9 Å². The maximum atomic E-state index is 12.5. The minimum absolute atomic E-state index is 0.000606. The maximum Gasteiger partial charge on any atom is 0.422 e. The van der Waals surface area contributed by atoms with Gasteiger partial charge in [0.1, 0.15) is 0 Å². The molecule has 0 aliphatic heterocycles. The molecular formula is C9H13F3N2O3. The zero-order valence-corrected chi connectivity index (χ0v) is 9.34. The standard InChI is InChI=1S/C9H13F3N2O3/c1-4-5-14(3)7(17)13-8(2,6(15)16)9(10,11)12/h4H,1,5H2,2-3H3,(H,13,17)(H,15,16). The van der Waals surface area contributed by atoms with Gasteiger partial charge in [-0.15, -0.1) is 6.58 Å². The van der Waals surface area contributed by atoms with Gasteiger partial charge in [0.05, 0.1) is 0 Å². The van der Waals surface area contributed by atoms with Gasteiger partial charge in [-0.3, -0.25) is 0 Å². The van der Waals surface area contributed by atoms with Crippen LogP contribution in [0.4, 0.5) is 18.0 Å². The molecule has 0 aromatic rings. The molecule has 0 aromatic carbocycles. The van der Waals surface area contributed by atoms with Gasteiger partial charge in [0.2, 0.25) is 5.54 Å². The average Bonchev–Trinajstić information content (AvgIpc) is 2.15. The normalized spacial score (nSPS) is 14.6. The fourth-order valence-electron chi connectivity index (χ4n) is 0.831. The van der Waals surface area contributed by atoms with E-state index in [2.05, 4.69) is 6.58 Å². The summed E-state index contributed by atoms with van der Waals surface area (Å²) in [5.74, 6) is -2.18. The molecule has 0 saturated heterocycles. The summed E-state index contributed by atoms with van der Waals surface area (Å²) in [6, 6.07) is -1.15. The molecule has 0 aromatic heterocycles. The number of rotatable bonds is 4. The van der Waals surface area contributed by atoms with E-state index in [4.69, 9.17) is 5.11 Å². The molecule has 17 heavy (non-hydrogen) atoms. The number of carboxylic acids is 1. The number of carbonyl (C=O) groups is 2. The largest absolute Gasteiger partial charge is 0.479 e. The van der Waals surface area contributed by atoms with Gasteiger partial charge >= 0.3 is 18.2 Å². The highest BCUT2D eigenvalue weighted by molar-refractivity contribution is 5.86. The van der Waals surface area contributed by atoms with E-state index < -0.39 is 23.7 Å². The van der Waals surface area contributed by atoms with Crippen LogP contribution in [0.15, 0.2) is 12.7 Å². The molecule has 0 bridgehead atoms. The summed E-state index contributed by atoms with van der Waals surface area (Å²) in [4.78, 5) is 22.8. The number of aliphatic carboxylic acids is 1. The molecule has 0 heterocycles. The predicted molar refractivity (Wildman–Crippen MR) is 53.5 cm³/mol. The summed E-state index contributed by atoms with van der Waals surface area (Å²) in [6.45, 7) is 3.69. The fraction of sp³-hybridized carbons (Fsp3) is 0.556. The van der Waals surface area contributed by atoms with Gasteiger partial charge in [0.15, 0.2) is 0 Å². The fourth-order valence-corrected chi connectivity index (χ4v) is 0.831. The number of carboxylic acid groups (broad SMARTS) is 1. The van der Waals surface area contributed by atoms with Gasteiger partial charge in [-0.2, -0.15) is 13.2 Å². The van der Waals surface area contributed by atoms with Crippen molar-refractivity contribution in [1.82, 2.24) is 10.2 Å². The first-order valence-electron chi connectivity index (χ1n) is 4.50. The second kappa shape index (κ2) is 5.07. The highest BCUT2D eigenvalue weighted by atomic mass is 19.4. The minimum atomic E-state index is -5.09. The van der Waals surface area contributed by atoms with Crippen molar-refractivity contribution in [2.24, 2.45) is 0 Å². The van der Waals surface area contributed by atoms with Gasteiger partial charge in [-0.05, 0) is 6.92 Å². The molecule has 2 N–H and O–H groups in total. The first-order valence-corrected chi connectivity index (χ1v) is 4.50. The quantitative estimate of drug-likeness (QED) is 0.741. The predicted octanol–water partition coefficient (Wildman–Crippen LogP) is 1.22. The Morgan fingerprint density at radius 1 is 1.47 bits per heavy atom. The van der Waals surface area contributed by atoms with Crippen LogP contribution in [-0.2, 0) is 4.79 Å². The monoisotopic (exact) mass is 254 g/mol. The van der Waals surface area contributed by atoms with Gasteiger partial charge in [0, 0.05) is 13.6 Å². The van der Waals surface area contributed by atoms with Crippen LogP contribution < -0.4 is 5.32 Å². The third-order valence-corrected chi connectivity index (χ3v) is 2.10.